The SMILES string of the molecule is CC(C)C(C)(C)[Si](C)(C)[Si]([Si](C)(C)C)([Si](C)(C)C)[Si](C)(C)C. The van der Waals surface area contributed by atoms with Crippen molar-refractivity contribution in [1.82, 2.24) is 0 Å². The van der Waals surface area contributed by atoms with Gasteiger partial charge in [-0.05, 0) is 11.0 Å². The Hall–Kier alpha value is 1.08. The number of hydrogen-bond donors (Lipinski definition) is 0. The summed E-state index contributed by atoms with van der Waals surface area (Å²) in [5.74, 6) is 0.810. The summed E-state index contributed by atoms with van der Waals surface area (Å²) in [7, 11) is -4.88. The molecular formula is C17H46Si5. The first-order valence-corrected chi connectivity index (χ1v) is 28.7. The minimum absolute atomic E-state index is 0.556. The summed E-state index contributed by atoms with van der Waals surface area (Å²) in [6.45, 7) is 40.8. The molecule has 5 heteroatoms. The summed E-state index contributed by atoms with van der Waals surface area (Å²) < 4.78 is 0. The Morgan fingerprint density at radius 1 is 0.545 bits per heavy atom. The van der Waals surface area contributed by atoms with Crippen molar-refractivity contribution >= 4 is 36.5 Å². The predicted molar refractivity (Wildman–Crippen MR) is 122 cm³/mol. The van der Waals surface area contributed by atoms with Crippen molar-refractivity contribution in [2.75, 3.05) is 0 Å². The van der Waals surface area contributed by atoms with E-state index >= 15 is 0 Å². The van der Waals surface area contributed by atoms with Crippen LogP contribution in [0.2, 0.25) is 77.1 Å². The van der Waals surface area contributed by atoms with Gasteiger partial charge in [-0.1, -0.05) is 99.7 Å². The quantitative estimate of drug-likeness (QED) is 0.432. The third-order valence-electron chi connectivity index (χ3n) is 7.37. The molecule has 0 aromatic rings. The van der Waals surface area contributed by atoms with Gasteiger partial charge in [-0.2, -0.15) is 0 Å². The van der Waals surface area contributed by atoms with Crippen molar-refractivity contribution in [2.45, 2.75) is 105 Å². The minimum Gasteiger partial charge on any atom is -0.0720 e. The summed E-state index contributed by atoms with van der Waals surface area (Å²) >= 11 is 0. The monoisotopic (exact) mass is 390 g/mol. The second-order valence-electron chi connectivity index (χ2n) is 12.0. The second-order valence-corrected chi connectivity index (χ2v) is 66.8. The molecule has 0 unspecified atom stereocenters. The fourth-order valence-electron chi connectivity index (χ4n) is 7.39. The van der Waals surface area contributed by atoms with Crippen molar-refractivity contribution < 1.29 is 0 Å². The van der Waals surface area contributed by atoms with Crippen LogP contribution in [-0.4, -0.2) is 36.5 Å². The average molecular weight is 391 g/mol. The highest BCUT2D eigenvalue weighted by molar-refractivity contribution is 8.06. The van der Waals surface area contributed by atoms with E-state index in [1.807, 2.05) is 0 Å². The molecule has 0 fully saturated rings. The van der Waals surface area contributed by atoms with Crippen LogP contribution in [0.5, 0.6) is 0 Å². The van der Waals surface area contributed by atoms with E-state index in [0.29, 0.717) is 5.04 Å². The van der Waals surface area contributed by atoms with Gasteiger partial charge in [-0.3, -0.25) is 0 Å². The third kappa shape index (κ3) is 3.14. The van der Waals surface area contributed by atoms with E-state index in [-0.39, 0.29) is 0 Å². The van der Waals surface area contributed by atoms with E-state index in [1.165, 1.54) is 0 Å². The fourth-order valence-corrected chi connectivity index (χ4v) is 183. The molecular weight excluding hydrogens is 345 g/mol. The van der Waals surface area contributed by atoms with Gasteiger partial charge in [-0.25, -0.2) is 0 Å². The maximum atomic E-state index is 2.84. The van der Waals surface area contributed by atoms with E-state index in [2.05, 4.69) is 99.7 Å². The van der Waals surface area contributed by atoms with E-state index in [1.54, 1.807) is 0 Å². The van der Waals surface area contributed by atoms with Gasteiger partial charge >= 0.3 is 0 Å². The number of rotatable bonds is 6. The van der Waals surface area contributed by atoms with Gasteiger partial charge in [0.2, 0.25) is 0 Å². The zero-order valence-corrected chi connectivity index (χ0v) is 23.6. The molecule has 134 valence electrons. The first-order chi connectivity index (χ1) is 9.19. The summed E-state index contributed by atoms with van der Waals surface area (Å²) in [4.78, 5) is 0. The molecule has 0 N–H and O–H groups in total. The molecule has 0 atom stereocenters. The van der Waals surface area contributed by atoms with Crippen LogP contribution in [0.4, 0.5) is 0 Å². The van der Waals surface area contributed by atoms with Gasteiger partial charge in [0, 0.05) is 36.5 Å². The topological polar surface area (TPSA) is 0 Å². The molecule has 0 saturated heterocycles. The molecule has 0 aliphatic heterocycles. The zero-order valence-electron chi connectivity index (χ0n) is 18.6. The summed E-state index contributed by atoms with van der Waals surface area (Å²) in [5.41, 5.74) is 0. The van der Waals surface area contributed by atoms with E-state index in [4.69, 9.17) is 0 Å². The Labute approximate surface area is 147 Å². The highest BCUT2D eigenvalue weighted by Gasteiger charge is 2.71. The smallest absolute Gasteiger partial charge is 0.0404 e. The Kier molecular flexibility index (Phi) is 6.41. The summed E-state index contributed by atoms with van der Waals surface area (Å²) in [6, 6.07) is 0. The van der Waals surface area contributed by atoms with Crippen LogP contribution >= 0.6 is 0 Å². The maximum Gasteiger partial charge on any atom is 0.0404 e. The van der Waals surface area contributed by atoms with Gasteiger partial charge in [0.25, 0.3) is 0 Å². The highest BCUT2D eigenvalue weighted by Crippen LogP contribution is 2.55. The Balaban J connectivity index is 6.98. The maximum absolute atomic E-state index is 2.84. The lowest BCUT2D eigenvalue weighted by Gasteiger charge is -2.69. The van der Waals surface area contributed by atoms with Crippen LogP contribution in [0.1, 0.15) is 27.7 Å². The van der Waals surface area contributed by atoms with Gasteiger partial charge in [0.05, 0.1) is 0 Å². The third-order valence-corrected chi connectivity index (χ3v) is 125. The molecule has 0 aromatic heterocycles. The first kappa shape index (κ1) is 23.1. The molecule has 0 saturated carbocycles. The van der Waals surface area contributed by atoms with Gasteiger partial charge in [-0.15, -0.1) is 0 Å². The van der Waals surface area contributed by atoms with Crippen molar-refractivity contribution in [2.24, 2.45) is 5.92 Å². The predicted octanol–water partition coefficient (Wildman–Crippen LogP) is 6.91. The Morgan fingerprint density at radius 2 is 0.773 bits per heavy atom. The Bertz CT molecular complexity index is 353. The van der Waals surface area contributed by atoms with Crippen LogP contribution in [0.3, 0.4) is 0 Å². The molecule has 0 aliphatic carbocycles. The summed E-state index contributed by atoms with van der Waals surface area (Å²) in [5, 5.41) is 0.556. The van der Waals surface area contributed by atoms with Gasteiger partial charge < -0.3 is 0 Å². The normalized spacial score (nSPS) is 16.4. The molecule has 0 amide bonds. The molecule has 0 nitrogen and oxygen atoms in total. The molecule has 0 heterocycles. The lowest BCUT2D eigenvalue weighted by molar-refractivity contribution is 0.464. The standard InChI is InChI=1S/C17H46Si5/c1-16(2)17(3,4)21(14,15)22(18(5,6)7,19(8,9)10)20(11,12)13/h16H,1-15H3. The van der Waals surface area contributed by atoms with Crippen LogP contribution < -0.4 is 0 Å². The highest BCUT2D eigenvalue weighted by atomic mass is 30.2. The lowest BCUT2D eigenvalue weighted by atomic mass is 9.99. The van der Waals surface area contributed by atoms with Crippen LogP contribution in [0.25, 0.3) is 0 Å². The zero-order chi connectivity index (χ0) is 18.6. The minimum atomic E-state index is -1.36. The molecule has 0 spiro atoms. The molecule has 0 aliphatic rings. The van der Waals surface area contributed by atoms with Crippen molar-refractivity contribution in [1.29, 1.82) is 0 Å². The summed E-state index contributed by atoms with van der Waals surface area (Å²) in [6.07, 6.45) is -1.27. The van der Waals surface area contributed by atoms with Crippen molar-refractivity contribution in [3.8, 4) is 0 Å². The average Bonchev–Trinajstić information content (AvgIpc) is 2.08. The molecule has 0 aromatic carbocycles. The Morgan fingerprint density at radius 3 is 0.909 bits per heavy atom. The van der Waals surface area contributed by atoms with Crippen molar-refractivity contribution in [3.63, 3.8) is 0 Å². The molecule has 22 heavy (non-hydrogen) atoms. The van der Waals surface area contributed by atoms with Crippen molar-refractivity contribution in [3.05, 3.63) is 0 Å². The molecule has 0 bridgehead atoms. The van der Waals surface area contributed by atoms with E-state index in [9.17, 15) is 0 Å². The molecule has 0 rings (SSSR count). The fraction of sp³-hybridized carbons (Fsp3) is 1.00. The van der Waals surface area contributed by atoms with Crippen LogP contribution in [0, 0.1) is 5.92 Å². The lowest BCUT2D eigenvalue weighted by Crippen LogP contribution is -2.94. The van der Waals surface area contributed by atoms with Gasteiger partial charge in [0.1, 0.15) is 0 Å². The van der Waals surface area contributed by atoms with E-state index < -0.39 is 36.5 Å². The molecule has 0 radical (unpaired) electrons. The number of hydrogen-bond acceptors (Lipinski definition) is 0. The first-order valence-electron chi connectivity index (χ1n) is 9.19. The van der Waals surface area contributed by atoms with Crippen LogP contribution in [-0.2, 0) is 0 Å². The second kappa shape index (κ2) is 6.11. The van der Waals surface area contributed by atoms with Crippen LogP contribution in [0.15, 0.2) is 0 Å². The largest absolute Gasteiger partial charge is 0.0720 e. The van der Waals surface area contributed by atoms with E-state index in [0.717, 1.165) is 5.92 Å². The van der Waals surface area contributed by atoms with Gasteiger partial charge in [0.15, 0.2) is 0 Å².